The van der Waals surface area contributed by atoms with Crippen LogP contribution in [0.4, 0.5) is 0 Å². The van der Waals surface area contributed by atoms with Crippen molar-refractivity contribution in [2.24, 2.45) is 0 Å². The molecule has 0 bridgehead atoms. The Labute approximate surface area is 146 Å². The monoisotopic (exact) mass is 343 g/mol. The third-order valence-electron chi connectivity index (χ3n) is 4.30. The maximum absolute atomic E-state index is 12.4. The lowest BCUT2D eigenvalue weighted by atomic mass is 9.97. The summed E-state index contributed by atoms with van der Waals surface area (Å²) in [4.78, 5) is 14.2. The van der Waals surface area contributed by atoms with E-state index in [-0.39, 0.29) is 5.91 Å². The van der Waals surface area contributed by atoms with Crippen molar-refractivity contribution >= 4 is 11.5 Å². The van der Waals surface area contributed by atoms with Crippen LogP contribution in [0, 0.1) is 0 Å². The topological polar surface area (TPSA) is 61.1 Å². The smallest absolute Gasteiger partial charge is 0.257 e. The molecule has 132 valence electrons. The van der Waals surface area contributed by atoms with E-state index >= 15 is 0 Å². The van der Waals surface area contributed by atoms with E-state index in [0.717, 1.165) is 11.1 Å². The van der Waals surface area contributed by atoms with Crippen molar-refractivity contribution in [1.29, 1.82) is 0 Å². The molecule has 3 rings (SSSR count). The number of hydrogen-bond donors (Lipinski definition) is 0. The van der Waals surface area contributed by atoms with Crippen molar-refractivity contribution in [3.63, 3.8) is 0 Å². The molecule has 2 aromatic rings. The van der Waals surface area contributed by atoms with Gasteiger partial charge in [-0.15, -0.1) is 0 Å². The van der Waals surface area contributed by atoms with Gasteiger partial charge in [-0.3, -0.25) is 4.79 Å². The number of benzene rings is 1. The molecule has 1 aliphatic heterocycles. The van der Waals surface area contributed by atoms with E-state index in [1.165, 1.54) is 12.5 Å². The summed E-state index contributed by atoms with van der Waals surface area (Å²) >= 11 is 0. The Kier molecular flexibility index (Phi) is 4.97. The van der Waals surface area contributed by atoms with Crippen LogP contribution >= 0.6 is 0 Å². The van der Waals surface area contributed by atoms with E-state index in [1.807, 2.05) is 18.2 Å². The minimum absolute atomic E-state index is 0.0299. The Hall–Kier alpha value is -2.89. The zero-order valence-electron chi connectivity index (χ0n) is 14.6. The van der Waals surface area contributed by atoms with Gasteiger partial charge in [0, 0.05) is 25.2 Å². The molecular weight excluding hydrogens is 322 g/mol. The molecule has 0 saturated carbocycles. The second-order valence-electron chi connectivity index (χ2n) is 5.65. The molecule has 1 amide bonds. The van der Waals surface area contributed by atoms with Gasteiger partial charge in [-0.1, -0.05) is 6.08 Å². The highest BCUT2D eigenvalue weighted by molar-refractivity contribution is 5.94. The van der Waals surface area contributed by atoms with Crippen LogP contribution in [0.5, 0.6) is 17.2 Å². The first-order valence-electron chi connectivity index (χ1n) is 7.98. The molecule has 6 nitrogen and oxygen atoms in total. The molecule has 0 spiro atoms. The molecular formula is C19H21NO5. The third kappa shape index (κ3) is 3.33. The summed E-state index contributed by atoms with van der Waals surface area (Å²) in [5, 5.41) is 0. The summed E-state index contributed by atoms with van der Waals surface area (Å²) in [5.41, 5.74) is 2.56. The van der Waals surface area contributed by atoms with Crippen LogP contribution in [0.3, 0.4) is 0 Å². The second kappa shape index (κ2) is 7.34. The minimum atomic E-state index is -0.0299. The summed E-state index contributed by atoms with van der Waals surface area (Å²) < 4.78 is 21.3. The van der Waals surface area contributed by atoms with Gasteiger partial charge in [0.05, 0.1) is 38.7 Å². The Morgan fingerprint density at radius 2 is 1.84 bits per heavy atom. The van der Waals surface area contributed by atoms with E-state index in [9.17, 15) is 4.79 Å². The Morgan fingerprint density at radius 3 is 2.32 bits per heavy atom. The van der Waals surface area contributed by atoms with Crippen LogP contribution in [0.15, 0.2) is 41.2 Å². The van der Waals surface area contributed by atoms with Gasteiger partial charge < -0.3 is 23.5 Å². The molecule has 6 heteroatoms. The normalized spacial score (nSPS) is 14.0. The molecule has 25 heavy (non-hydrogen) atoms. The van der Waals surface area contributed by atoms with Gasteiger partial charge in [-0.2, -0.15) is 0 Å². The molecule has 0 N–H and O–H groups in total. The Bertz CT molecular complexity index is 754. The molecule has 1 aromatic heterocycles. The van der Waals surface area contributed by atoms with Crippen LogP contribution < -0.4 is 14.2 Å². The summed E-state index contributed by atoms with van der Waals surface area (Å²) in [5.74, 6) is 2.03. The minimum Gasteiger partial charge on any atom is -0.496 e. The first-order valence-corrected chi connectivity index (χ1v) is 7.98. The quantitative estimate of drug-likeness (QED) is 0.834. The average molecular weight is 343 g/mol. The molecule has 0 saturated heterocycles. The van der Waals surface area contributed by atoms with Crippen LogP contribution in [0.25, 0.3) is 5.57 Å². The summed E-state index contributed by atoms with van der Waals surface area (Å²) in [6, 6.07) is 5.35. The molecule has 1 aromatic carbocycles. The van der Waals surface area contributed by atoms with Gasteiger partial charge in [-0.05, 0) is 18.1 Å². The van der Waals surface area contributed by atoms with E-state index in [4.69, 9.17) is 18.6 Å². The Morgan fingerprint density at radius 1 is 1.12 bits per heavy atom. The lowest BCUT2D eigenvalue weighted by molar-refractivity contribution is 0.0772. The van der Waals surface area contributed by atoms with Crippen molar-refractivity contribution in [3.8, 4) is 17.2 Å². The summed E-state index contributed by atoms with van der Waals surface area (Å²) in [7, 11) is 4.85. The lowest BCUT2D eigenvalue weighted by Crippen LogP contribution is -2.34. The van der Waals surface area contributed by atoms with E-state index in [0.29, 0.717) is 42.3 Å². The number of furan rings is 1. The highest BCUT2D eigenvalue weighted by atomic mass is 16.5. The average Bonchev–Trinajstić information content (AvgIpc) is 3.21. The van der Waals surface area contributed by atoms with E-state index in [1.54, 1.807) is 32.3 Å². The summed E-state index contributed by atoms with van der Waals surface area (Å²) in [6.07, 6.45) is 5.72. The predicted molar refractivity (Wildman–Crippen MR) is 93.3 cm³/mol. The zero-order chi connectivity index (χ0) is 17.8. The fraction of sp³-hybridized carbons (Fsp3) is 0.316. The van der Waals surface area contributed by atoms with Crippen molar-refractivity contribution in [1.82, 2.24) is 4.90 Å². The van der Waals surface area contributed by atoms with Crippen LogP contribution in [0.1, 0.15) is 22.3 Å². The van der Waals surface area contributed by atoms with Gasteiger partial charge in [0.25, 0.3) is 5.91 Å². The molecule has 0 unspecified atom stereocenters. The SMILES string of the molecule is COc1cc(OC)c(C2=CCN(C(=O)c3ccoc3)CC2)c(OC)c1. The van der Waals surface area contributed by atoms with Crippen LogP contribution in [0.2, 0.25) is 0 Å². The van der Waals surface area contributed by atoms with E-state index < -0.39 is 0 Å². The molecule has 0 aliphatic carbocycles. The van der Waals surface area contributed by atoms with Gasteiger partial charge in [-0.25, -0.2) is 0 Å². The number of carbonyl (C=O) groups excluding carboxylic acids is 1. The van der Waals surface area contributed by atoms with Gasteiger partial charge in [0.2, 0.25) is 0 Å². The third-order valence-corrected chi connectivity index (χ3v) is 4.30. The van der Waals surface area contributed by atoms with Crippen molar-refractivity contribution in [2.45, 2.75) is 6.42 Å². The Balaban J connectivity index is 1.87. The highest BCUT2D eigenvalue weighted by Crippen LogP contribution is 2.40. The highest BCUT2D eigenvalue weighted by Gasteiger charge is 2.24. The molecule has 0 radical (unpaired) electrons. The van der Waals surface area contributed by atoms with Crippen LogP contribution in [-0.2, 0) is 0 Å². The summed E-state index contributed by atoms with van der Waals surface area (Å²) in [6.45, 7) is 1.14. The molecule has 0 atom stereocenters. The number of nitrogens with zero attached hydrogens (tertiary/aromatic N) is 1. The van der Waals surface area contributed by atoms with E-state index in [2.05, 4.69) is 0 Å². The standard InChI is InChI=1S/C19H21NO5/c1-22-15-10-16(23-2)18(17(11-15)24-3)13-4-7-20(8-5-13)19(21)14-6-9-25-12-14/h4,6,9-12H,5,7-8H2,1-3H3. The maximum Gasteiger partial charge on any atom is 0.257 e. The zero-order valence-corrected chi connectivity index (χ0v) is 14.6. The number of methoxy groups -OCH3 is 3. The van der Waals surface area contributed by atoms with Crippen molar-refractivity contribution in [2.75, 3.05) is 34.4 Å². The first kappa shape index (κ1) is 17.0. The predicted octanol–water partition coefficient (Wildman–Crippen LogP) is 3.23. The number of amides is 1. The number of rotatable bonds is 5. The van der Waals surface area contributed by atoms with Crippen molar-refractivity contribution in [3.05, 3.63) is 47.9 Å². The van der Waals surface area contributed by atoms with Gasteiger partial charge in [0.1, 0.15) is 23.5 Å². The largest absolute Gasteiger partial charge is 0.496 e. The van der Waals surface area contributed by atoms with Crippen LogP contribution in [-0.4, -0.2) is 45.2 Å². The number of ether oxygens (including phenoxy) is 3. The van der Waals surface area contributed by atoms with Gasteiger partial charge >= 0.3 is 0 Å². The fourth-order valence-corrected chi connectivity index (χ4v) is 2.97. The molecule has 2 heterocycles. The second-order valence-corrected chi connectivity index (χ2v) is 5.65. The fourth-order valence-electron chi connectivity index (χ4n) is 2.97. The van der Waals surface area contributed by atoms with Gasteiger partial charge in [0.15, 0.2) is 0 Å². The number of hydrogen-bond acceptors (Lipinski definition) is 5. The number of carbonyl (C=O) groups is 1. The first-order chi connectivity index (χ1) is 12.2. The molecule has 0 fully saturated rings. The lowest BCUT2D eigenvalue weighted by Gasteiger charge is -2.27. The maximum atomic E-state index is 12.4. The molecule has 1 aliphatic rings. The van der Waals surface area contributed by atoms with Crippen molar-refractivity contribution < 1.29 is 23.4 Å².